The van der Waals surface area contributed by atoms with Crippen LogP contribution in [0.3, 0.4) is 0 Å². The fourth-order valence-electron chi connectivity index (χ4n) is 7.76. The van der Waals surface area contributed by atoms with Gasteiger partial charge in [-0.2, -0.15) is 8.42 Å². The number of likely N-dealkylation sites (N-methyl/N-ethyl adjacent to an activating group) is 1. The van der Waals surface area contributed by atoms with Gasteiger partial charge in [-0.1, -0.05) is 48.0 Å². The summed E-state index contributed by atoms with van der Waals surface area (Å²) in [6.07, 6.45) is 2.31. The molecule has 3 unspecified atom stereocenters. The van der Waals surface area contributed by atoms with E-state index in [9.17, 15) is 75.3 Å². The molecule has 0 aliphatic heterocycles. The highest BCUT2D eigenvalue weighted by atomic mass is 32.2. The first kappa shape index (κ1) is 77.6. The summed E-state index contributed by atoms with van der Waals surface area (Å²) in [7, 11) is -4.52. The number of aliphatic carboxylic acids is 2. The second kappa shape index (κ2) is 44.1. The number of carboxylic acids is 2. The lowest BCUT2D eigenvalue weighted by Gasteiger charge is -2.33. The molecule has 3 atom stereocenters. The van der Waals surface area contributed by atoms with Crippen LogP contribution in [-0.2, 0) is 83.2 Å². The molecule has 0 saturated heterocycles. The van der Waals surface area contributed by atoms with Gasteiger partial charge in [-0.15, -0.1) is 0 Å². The van der Waals surface area contributed by atoms with Gasteiger partial charge in [-0.25, -0.2) is 13.8 Å². The molecule has 0 aliphatic carbocycles. The average molecular weight is 1240 g/mol. The normalized spacial score (nSPS) is 12.4. The number of carbonyl (C=O) groups excluding carboxylic acids is 8. The lowest BCUT2D eigenvalue weighted by molar-refractivity contribution is -0.144. The molecule has 0 heterocycles. The minimum Gasteiger partial charge on any atom is -0.480 e. The first-order valence-corrected chi connectivity index (χ1v) is 30.6. The molecule has 0 aliphatic rings. The van der Waals surface area contributed by atoms with Crippen molar-refractivity contribution in [2.45, 2.75) is 124 Å². The number of rotatable bonds is 46. The highest BCUT2D eigenvalue weighted by Gasteiger charge is 2.34. The first-order valence-electron chi connectivity index (χ1n) is 27.6. The van der Waals surface area contributed by atoms with E-state index in [-0.39, 0.29) is 128 Å². The van der Waals surface area contributed by atoms with Gasteiger partial charge in [-0.3, -0.25) is 47.6 Å². The molecule has 0 aromatic heterocycles. The quantitative estimate of drug-likeness (QED) is 0.0306. The van der Waals surface area contributed by atoms with E-state index >= 15 is 0 Å². The predicted molar refractivity (Wildman–Crippen MR) is 310 cm³/mol. The van der Waals surface area contributed by atoms with Gasteiger partial charge in [0.2, 0.25) is 41.4 Å². The van der Waals surface area contributed by atoms with Crippen molar-refractivity contribution in [2.24, 2.45) is 10.8 Å². The molecule has 480 valence electrons. The highest BCUT2D eigenvalue weighted by molar-refractivity contribution is 7.85. The predicted octanol–water partition coefficient (Wildman–Crippen LogP) is 0.165. The molecule has 8 amide bonds. The van der Waals surface area contributed by atoms with Crippen molar-refractivity contribution >= 4 is 86.0 Å². The monoisotopic (exact) mass is 1240 g/mol. The van der Waals surface area contributed by atoms with E-state index in [0.717, 1.165) is 43.6 Å². The molecule has 1 rings (SSSR count). The smallest absolute Gasteiger partial charge is 0.326 e. The number of hydrogen-bond donors (Lipinski definition) is 12. The summed E-state index contributed by atoms with van der Waals surface area (Å²) >= 11 is 0. The standard InChI is InChI=1S/C39H69N7O19S2.C14H22N2O/c1-38(2,25-39(3,4)26-67(59,60)61)21-32(50)46-66(58)20-6-7-29(47)41-12-14-62-17-19-65-24-35(53)45-28(37(56)57)9-11-31(49)44-27(36(54)55)8-10-30(48)42-13-15-63-16-18-64-23-34(52)43-22-33(51)40-5;1-3-5-11-16-14(17)12-6-8-13(9-7-12)15-10-4-2/h27-28H,6-26H2,1-5H3,(H,40,51)(H,41,47)(H,42,48)(H,43,52)(H,44,49)(H,45,53)(H,46,50)(H,54,55)(H,56,57)(H,59,60,61);6-9,15H,3-5,10-11H2,1-2H3,(H,16,17). The van der Waals surface area contributed by atoms with Crippen molar-refractivity contribution in [1.29, 1.82) is 0 Å². The van der Waals surface area contributed by atoms with E-state index in [1.165, 1.54) is 7.05 Å². The minimum atomic E-state index is -4.21. The fourth-order valence-corrected chi connectivity index (χ4v) is 9.69. The van der Waals surface area contributed by atoms with Gasteiger partial charge >= 0.3 is 11.9 Å². The van der Waals surface area contributed by atoms with Crippen LogP contribution in [0.15, 0.2) is 24.3 Å². The van der Waals surface area contributed by atoms with Gasteiger partial charge in [0.15, 0.2) is 0 Å². The Labute approximate surface area is 494 Å². The molecule has 31 heteroatoms. The Kier molecular flexibility index (Phi) is 40.8. The van der Waals surface area contributed by atoms with Crippen LogP contribution in [0.1, 0.15) is 123 Å². The fraction of sp³-hybridized carbons (Fsp3) is 0.698. The molecule has 84 heavy (non-hydrogen) atoms. The number of unbranched alkanes of at least 4 members (excludes halogenated alkanes) is 1. The number of hydrogen-bond acceptors (Lipinski definition) is 18. The van der Waals surface area contributed by atoms with Crippen LogP contribution < -0.4 is 47.3 Å². The summed E-state index contributed by atoms with van der Waals surface area (Å²) in [5.41, 5.74) is 0.329. The second-order valence-electron chi connectivity index (χ2n) is 20.7. The summed E-state index contributed by atoms with van der Waals surface area (Å²) in [6, 6.07) is 4.65. The van der Waals surface area contributed by atoms with Crippen molar-refractivity contribution < 1.29 is 94.3 Å². The molecule has 0 spiro atoms. The molecule has 12 N–H and O–H groups in total. The maximum Gasteiger partial charge on any atom is 0.326 e. The van der Waals surface area contributed by atoms with Crippen LogP contribution in [0.4, 0.5) is 5.69 Å². The zero-order chi connectivity index (χ0) is 63.6. The van der Waals surface area contributed by atoms with Crippen LogP contribution in [-0.4, -0.2) is 203 Å². The second-order valence-corrected chi connectivity index (χ2v) is 23.4. The summed E-state index contributed by atoms with van der Waals surface area (Å²) < 4.78 is 67.3. The van der Waals surface area contributed by atoms with Crippen molar-refractivity contribution in [3.05, 3.63) is 29.8 Å². The Morgan fingerprint density at radius 3 is 1.63 bits per heavy atom. The SMILES string of the molecule is CCCCNC(=O)c1ccc(NCCC)cc1.CNC(=O)CNC(=O)COCCOCCNC(=O)CCC(NC(=O)CCC(NC(=O)COCCOCCNC(=O)CCCS(=O)NC(=O)CC(C)(C)CC(C)(C)CS(=O)(=O)O)C(=O)O)C(=O)O. The highest BCUT2D eigenvalue weighted by Crippen LogP contribution is 2.37. The third-order valence-electron chi connectivity index (χ3n) is 11.3. The molecule has 29 nitrogen and oxygen atoms in total. The number of anilines is 1. The molecule has 1 aromatic carbocycles. The minimum absolute atomic E-state index is 0.0143. The zero-order valence-electron chi connectivity index (χ0n) is 49.4. The van der Waals surface area contributed by atoms with Crippen LogP contribution in [0.25, 0.3) is 0 Å². The summed E-state index contributed by atoms with van der Waals surface area (Å²) in [5.74, 6) is -7.17. The third-order valence-corrected chi connectivity index (χ3v) is 13.6. The Bertz CT molecular complexity index is 2340. The van der Waals surface area contributed by atoms with Crippen molar-refractivity contribution in [2.75, 3.05) is 109 Å². The Morgan fingerprint density at radius 2 is 1.11 bits per heavy atom. The lowest BCUT2D eigenvalue weighted by atomic mass is 9.74. The molecular formula is C53H91N9O20S2. The maximum absolute atomic E-state index is 12.4. The zero-order valence-corrected chi connectivity index (χ0v) is 51.1. The third kappa shape index (κ3) is 43.3. The topological polar surface area (TPSA) is 428 Å². The van der Waals surface area contributed by atoms with Gasteiger partial charge in [0.05, 0.1) is 51.9 Å². The Balaban J connectivity index is 0.00000343. The van der Waals surface area contributed by atoms with Gasteiger partial charge in [0.25, 0.3) is 16.0 Å². The summed E-state index contributed by atoms with van der Waals surface area (Å²) in [4.78, 5) is 119. The van der Waals surface area contributed by atoms with E-state index in [2.05, 4.69) is 61.1 Å². The van der Waals surface area contributed by atoms with Gasteiger partial charge < -0.3 is 71.7 Å². The van der Waals surface area contributed by atoms with Crippen LogP contribution in [0.5, 0.6) is 0 Å². The van der Waals surface area contributed by atoms with E-state index in [4.69, 9.17) is 18.9 Å². The molecular weight excluding hydrogens is 1150 g/mol. The first-order chi connectivity index (χ1) is 39.5. The van der Waals surface area contributed by atoms with E-state index < -0.39 is 104 Å². The lowest BCUT2D eigenvalue weighted by Crippen LogP contribution is -2.45. The van der Waals surface area contributed by atoms with Crippen LogP contribution >= 0.6 is 0 Å². The molecule has 0 fully saturated rings. The number of amides is 8. The molecule has 0 radical (unpaired) electrons. The number of ether oxygens (including phenoxy) is 4. The molecule has 1 aromatic rings. The summed E-state index contributed by atoms with van der Waals surface area (Å²) in [6.45, 7) is 12.3. The number of nitrogens with one attached hydrogen (secondary N) is 9. The molecule has 0 saturated carbocycles. The molecule has 0 bridgehead atoms. The van der Waals surface area contributed by atoms with Gasteiger partial charge in [-0.05, 0) is 73.6 Å². The maximum atomic E-state index is 12.4. The number of carbonyl (C=O) groups is 10. The van der Waals surface area contributed by atoms with E-state index in [1.807, 2.05) is 24.3 Å². The van der Waals surface area contributed by atoms with Gasteiger partial charge in [0.1, 0.15) is 36.3 Å². The van der Waals surface area contributed by atoms with E-state index in [1.54, 1.807) is 27.7 Å². The number of carboxylic acid groups (broad SMARTS) is 2. The van der Waals surface area contributed by atoms with Crippen molar-refractivity contribution in [3.8, 4) is 0 Å². The largest absolute Gasteiger partial charge is 0.480 e. The van der Waals surface area contributed by atoms with Crippen LogP contribution in [0, 0.1) is 10.8 Å². The van der Waals surface area contributed by atoms with Crippen molar-refractivity contribution in [1.82, 2.24) is 41.9 Å². The van der Waals surface area contributed by atoms with Gasteiger partial charge in [0, 0.05) is 75.9 Å². The number of benzene rings is 1. The Morgan fingerprint density at radius 1 is 0.583 bits per heavy atom. The van der Waals surface area contributed by atoms with E-state index in [0.29, 0.717) is 6.42 Å². The summed E-state index contributed by atoms with van der Waals surface area (Å²) in [5, 5.41) is 39.5. The average Bonchev–Trinajstić information content (AvgIpc) is 3.61. The van der Waals surface area contributed by atoms with Crippen LogP contribution in [0.2, 0.25) is 0 Å². The van der Waals surface area contributed by atoms with Crippen molar-refractivity contribution in [3.63, 3.8) is 0 Å². The Hall–Kier alpha value is -6.38.